The van der Waals surface area contributed by atoms with E-state index >= 15 is 0 Å². The van der Waals surface area contributed by atoms with Gasteiger partial charge in [0.25, 0.3) is 0 Å². The Morgan fingerprint density at radius 2 is 1.24 bits per heavy atom. The van der Waals surface area contributed by atoms with Gasteiger partial charge in [0.05, 0.1) is 28.1 Å². The van der Waals surface area contributed by atoms with Crippen molar-refractivity contribution in [3.63, 3.8) is 0 Å². The van der Waals surface area contributed by atoms with Crippen LogP contribution in [0.5, 0.6) is 0 Å². The van der Waals surface area contributed by atoms with E-state index in [1.165, 1.54) is 23.5 Å². The fourth-order valence-electron chi connectivity index (χ4n) is 7.25. The van der Waals surface area contributed by atoms with E-state index in [9.17, 15) is 35.9 Å². The molecule has 0 N–H and O–H groups in total. The van der Waals surface area contributed by atoms with Gasteiger partial charge in [0.15, 0.2) is 11.6 Å². The van der Waals surface area contributed by atoms with Crippen molar-refractivity contribution in [2.24, 2.45) is 0 Å². The summed E-state index contributed by atoms with van der Waals surface area (Å²) < 4.78 is 85.8. The van der Waals surface area contributed by atoms with E-state index < -0.39 is 34.5 Å². The number of allylic oxidation sites excluding steroid dienone is 1. The molecule has 3 nitrogen and oxygen atoms in total. The Hall–Kier alpha value is -5.48. The van der Waals surface area contributed by atoms with Crippen molar-refractivity contribution in [2.75, 3.05) is 4.90 Å². The first kappa shape index (κ1) is 32.7. The highest BCUT2D eigenvalue weighted by molar-refractivity contribution is 7.17. The third-order valence-corrected chi connectivity index (χ3v) is 10.7. The van der Waals surface area contributed by atoms with Gasteiger partial charge in [-0.15, -0.1) is 11.3 Å². The van der Waals surface area contributed by atoms with Gasteiger partial charge in [-0.3, -0.25) is 9.59 Å². The first-order valence-electron chi connectivity index (χ1n) is 15.9. The third-order valence-electron chi connectivity index (χ3n) is 9.68. The van der Waals surface area contributed by atoms with Crippen molar-refractivity contribution in [3.8, 4) is 11.1 Å². The summed E-state index contributed by atoms with van der Waals surface area (Å²) in [4.78, 5) is 29.2. The van der Waals surface area contributed by atoms with E-state index in [1.807, 2.05) is 67.3 Å². The van der Waals surface area contributed by atoms with E-state index in [2.05, 4.69) is 0 Å². The van der Waals surface area contributed by atoms with E-state index in [-0.39, 0.29) is 22.7 Å². The van der Waals surface area contributed by atoms with Crippen molar-refractivity contribution >= 4 is 56.1 Å². The summed E-state index contributed by atoms with van der Waals surface area (Å²) in [6.45, 7) is 3.72. The number of ketones is 2. The number of hydrogen-bond donors (Lipinski definition) is 0. The first-order valence-corrected chi connectivity index (χ1v) is 16.7. The highest BCUT2D eigenvalue weighted by Crippen LogP contribution is 2.57. The number of hydrogen-bond acceptors (Lipinski definition) is 4. The predicted octanol–water partition coefficient (Wildman–Crippen LogP) is 12.2. The summed E-state index contributed by atoms with van der Waals surface area (Å²) in [5.74, 6) is -0.771. The molecule has 2 heterocycles. The highest BCUT2D eigenvalue weighted by atomic mass is 32.1. The number of halogens is 6. The smallest absolute Gasteiger partial charge is 0.301 e. The minimum Gasteiger partial charge on any atom is -0.301 e. The number of benzene rings is 5. The van der Waals surface area contributed by atoms with Crippen LogP contribution in [0, 0.1) is 0 Å². The molecular formula is C41H25F6NO2S. The molecule has 1 aromatic heterocycles. The standard InChI is InChI=1S/C41H25F6NO2S/c1-39(2)31-19-23(35-29(40(42,43)44)14-8-15-30(35)41(45,46)47)17-18-34(31)48(33-16-7-10-22-9-3-4-11-25(22)33)38-32(39)21-24(51-38)20-28-36(49)26-12-5-6-13-27(26)37(28)50/h3-21H,1-2H3. The van der Waals surface area contributed by atoms with Gasteiger partial charge in [-0.05, 0) is 64.6 Å². The van der Waals surface area contributed by atoms with Crippen LogP contribution in [-0.2, 0) is 17.8 Å². The van der Waals surface area contributed by atoms with Gasteiger partial charge in [-0.1, -0.05) is 86.6 Å². The van der Waals surface area contributed by atoms with Crippen LogP contribution in [0.2, 0.25) is 0 Å². The van der Waals surface area contributed by atoms with Gasteiger partial charge in [0, 0.05) is 32.4 Å². The minimum absolute atomic E-state index is 0.0209. The molecular weight excluding hydrogens is 685 g/mol. The number of fused-ring (bicyclic) bond motifs is 4. The number of thiophene rings is 1. The lowest BCUT2D eigenvalue weighted by molar-refractivity contribution is -0.142. The molecule has 0 atom stereocenters. The van der Waals surface area contributed by atoms with Gasteiger partial charge < -0.3 is 4.90 Å². The van der Waals surface area contributed by atoms with E-state index in [4.69, 9.17) is 0 Å². The van der Waals surface area contributed by atoms with Crippen LogP contribution in [0.4, 0.5) is 42.7 Å². The Balaban J connectivity index is 1.38. The summed E-state index contributed by atoms with van der Waals surface area (Å²) in [6.07, 6.45) is -8.53. The van der Waals surface area contributed by atoms with Crippen LogP contribution in [0.25, 0.3) is 28.0 Å². The molecule has 0 saturated carbocycles. The molecule has 8 rings (SSSR count). The number of anilines is 3. The lowest BCUT2D eigenvalue weighted by atomic mass is 9.74. The van der Waals surface area contributed by atoms with E-state index in [0.717, 1.165) is 33.1 Å². The molecule has 6 aromatic rings. The second-order valence-electron chi connectivity index (χ2n) is 13.0. The molecule has 0 fully saturated rings. The maximum Gasteiger partial charge on any atom is 0.417 e. The summed E-state index contributed by atoms with van der Waals surface area (Å²) in [6, 6.07) is 28.2. The molecule has 0 spiro atoms. The summed E-state index contributed by atoms with van der Waals surface area (Å²) in [5.41, 5.74) is -1.64. The zero-order valence-electron chi connectivity index (χ0n) is 26.9. The molecule has 0 saturated heterocycles. The van der Waals surface area contributed by atoms with E-state index in [1.54, 1.807) is 36.4 Å². The van der Waals surface area contributed by atoms with Crippen LogP contribution in [0.3, 0.4) is 0 Å². The number of Topliss-reactive ketones (excluding diaryl/α,β-unsaturated/α-hetero) is 2. The highest BCUT2D eigenvalue weighted by Gasteiger charge is 2.43. The Morgan fingerprint density at radius 3 is 1.88 bits per heavy atom. The fourth-order valence-corrected chi connectivity index (χ4v) is 8.54. The molecule has 0 amide bonds. The first-order chi connectivity index (χ1) is 24.2. The normalized spacial score (nSPS) is 15.2. The van der Waals surface area contributed by atoms with Crippen LogP contribution in [0.1, 0.15) is 61.7 Å². The van der Waals surface area contributed by atoms with Gasteiger partial charge in [-0.2, -0.15) is 26.3 Å². The molecule has 5 aromatic carbocycles. The molecule has 0 unspecified atom stereocenters. The maximum absolute atomic E-state index is 14.3. The largest absolute Gasteiger partial charge is 0.417 e. The summed E-state index contributed by atoms with van der Waals surface area (Å²) >= 11 is 1.34. The van der Waals surface area contributed by atoms with Crippen LogP contribution in [-0.4, -0.2) is 11.6 Å². The monoisotopic (exact) mass is 709 g/mol. The lowest BCUT2D eigenvalue weighted by Gasteiger charge is -2.40. The molecule has 10 heteroatoms. The minimum atomic E-state index is -5.05. The maximum atomic E-state index is 14.3. The average molecular weight is 710 g/mol. The fraction of sp³-hybridized carbons (Fsp3) is 0.122. The quantitative estimate of drug-likeness (QED) is 0.104. The Kier molecular flexibility index (Phi) is 7.22. The molecule has 1 aliphatic heterocycles. The van der Waals surface area contributed by atoms with Crippen molar-refractivity contribution in [1.82, 2.24) is 0 Å². The second-order valence-corrected chi connectivity index (χ2v) is 14.1. The number of carbonyl (C=O) groups excluding carboxylic acids is 2. The van der Waals surface area contributed by atoms with Crippen LogP contribution < -0.4 is 4.90 Å². The molecule has 51 heavy (non-hydrogen) atoms. The number of alkyl halides is 6. The van der Waals surface area contributed by atoms with Crippen molar-refractivity contribution < 1.29 is 35.9 Å². The van der Waals surface area contributed by atoms with Gasteiger partial charge >= 0.3 is 12.4 Å². The van der Waals surface area contributed by atoms with Crippen LogP contribution >= 0.6 is 11.3 Å². The zero-order valence-corrected chi connectivity index (χ0v) is 27.7. The molecule has 254 valence electrons. The van der Waals surface area contributed by atoms with Gasteiger partial charge in [0.1, 0.15) is 5.00 Å². The predicted molar refractivity (Wildman–Crippen MR) is 187 cm³/mol. The topological polar surface area (TPSA) is 37.4 Å². The van der Waals surface area contributed by atoms with Gasteiger partial charge in [-0.25, -0.2) is 0 Å². The average Bonchev–Trinajstić information content (AvgIpc) is 3.63. The van der Waals surface area contributed by atoms with Crippen molar-refractivity contribution in [3.05, 3.63) is 153 Å². The van der Waals surface area contributed by atoms with Crippen molar-refractivity contribution in [2.45, 2.75) is 31.6 Å². The second kappa shape index (κ2) is 11.3. The zero-order chi connectivity index (χ0) is 36.0. The summed E-state index contributed by atoms with van der Waals surface area (Å²) in [5, 5.41) is 2.53. The molecule has 0 radical (unpaired) electrons. The van der Waals surface area contributed by atoms with Crippen LogP contribution in [0.15, 0.2) is 115 Å². The van der Waals surface area contributed by atoms with Crippen molar-refractivity contribution in [1.29, 1.82) is 0 Å². The SMILES string of the molecule is CC1(C)c2cc(-c3c(C(F)(F)F)cccc3C(F)(F)F)ccc2N(c2cccc3ccccc23)c2sc(C=C3C(=O)c4ccccc4C3=O)cc21. The van der Waals surface area contributed by atoms with E-state index in [0.29, 0.717) is 39.4 Å². The van der Waals surface area contributed by atoms with Gasteiger partial charge in [0.2, 0.25) is 0 Å². The lowest BCUT2D eigenvalue weighted by Crippen LogP contribution is -2.29. The number of carbonyl (C=O) groups is 2. The molecule has 1 aliphatic carbocycles. The third kappa shape index (κ3) is 5.11. The molecule has 0 bridgehead atoms. The number of rotatable bonds is 3. The summed E-state index contributed by atoms with van der Waals surface area (Å²) in [7, 11) is 0. The molecule has 2 aliphatic rings. The number of nitrogens with zero attached hydrogens (tertiary/aromatic N) is 1. The Bertz CT molecular complexity index is 2410. The Labute approximate surface area is 292 Å². The Morgan fingerprint density at radius 1 is 0.647 bits per heavy atom.